The zero-order valence-corrected chi connectivity index (χ0v) is 28.1. The molecule has 1 amide bonds. The molecule has 1 atom stereocenters. The molecule has 4 heterocycles. The normalized spacial score (nSPS) is 13.9. The third kappa shape index (κ3) is 8.52. The summed E-state index contributed by atoms with van der Waals surface area (Å²) in [7, 11) is 1.60. The van der Waals surface area contributed by atoms with Crippen LogP contribution in [0.25, 0.3) is 10.2 Å². The van der Waals surface area contributed by atoms with Crippen LogP contribution < -0.4 is 15.0 Å². The van der Waals surface area contributed by atoms with Crippen LogP contribution in [0.15, 0.2) is 30.3 Å². The highest BCUT2D eigenvalue weighted by atomic mass is 32.2. The lowest BCUT2D eigenvalue weighted by atomic mass is 10.2. The van der Waals surface area contributed by atoms with E-state index in [9.17, 15) is 22.8 Å². The second-order valence-electron chi connectivity index (χ2n) is 11.3. The number of nitrogens with zero attached hydrogens (tertiary/aromatic N) is 6. The van der Waals surface area contributed by atoms with Crippen molar-refractivity contribution in [3.05, 3.63) is 58.2 Å². The summed E-state index contributed by atoms with van der Waals surface area (Å²) >= 11 is 3.00. The van der Waals surface area contributed by atoms with Crippen molar-refractivity contribution in [1.82, 2.24) is 30.0 Å². The van der Waals surface area contributed by atoms with E-state index in [1.807, 2.05) is 30.3 Å². The number of carbonyl (C=O) groups is 2. The summed E-state index contributed by atoms with van der Waals surface area (Å²) in [6.45, 7) is 5.81. The number of thioether (sulfide) groups is 1. The van der Waals surface area contributed by atoms with Gasteiger partial charge >= 0.3 is 12.1 Å². The van der Waals surface area contributed by atoms with Crippen LogP contribution in [0.5, 0.6) is 5.75 Å². The van der Waals surface area contributed by atoms with Gasteiger partial charge < -0.3 is 24.3 Å². The van der Waals surface area contributed by atoms with Gasteiger partial charge in [0.2, 0.25) is 11.6 Å². The maximum absolute atomic E-state index is 13.7. The molecule has 0 saturated heterocycles. The standard InChI is InChI=1S/C31H36F3N7O4S2/c1-5-6-22-14-23-27(40-11-12-41-24(15-40)38-39-30(41)31(32,33)34)36-26(37-29(23)47-22)28(43)35-20(13-25(42)45-18(2)3)17-46-16-19-7-9-21(44-4)10-8-19/h7-10,14,18,20H,5-6,11-13,15-17H2,1-4H3,(H,35,43). The van der Waals surface area contributed by atoms with Crippen molar-refractivity contribution in [3.8, 4) is 5.75 Å². The Kier molecular flexibility index (Phi) is 10.9. The fourth-order valence-corrected chi connectivity index (χ4v) is 7.33. The van der Waals surface area contributed by atoms with Gasteiger partial charge in [-0.1, -0.05) is 25.5 Å². The first-order valence-corrected chi connectivity index (χ1v) is 17.2. The van der Waals surface area contributed by atoms with Gasteiger partial charge in [0.15, 0.2) is 5.82 Å². The largest absolute Gasteiger partial charge is 0.497 e. The van der Waals surface area contributed by atoms with E-state index in [1.165, 1.54) is 11.3 Å². The van der Waals surface area contributed by atoms with E-state index < -0.39 is 29.9 Å². The molecule has 16 heteroatoms. The van der Waals surface area contributed by atoms with Crippen molar-refractivity contribution in [2.24, 2.45) is 0 Å². The van der Waals surface area contributed by atoms with Crippen LogP contribution in [0, 0.1) is 0 Å². The average Bonchev–Trinajstić information content (AvgIpc) is 3.64. The lowest BCUT2D eigenvalue weighted by Crippen LogP contribution is -2.40. The number of halogens is 3. The molecule has 5 rings (SSSR count). The Morgan fingerprint density at radius 3 is 2.57 bits per heavy atom. The number of fused-ring (bicyclic) bond motifs is 2. The molecule has 11 nitrogen and oxygen atoms in total. The van der Waals surface area contributed by atoms with Gasteiger partial charge in [-0.15, -0.1) is 21.5 Å². The number of esters is 1. The number of aryl methyl sites for hydroxylation is 1. The minimum absolute atomic E-state index is 0.00160. The molecule has 3 aromatic heterocycles. The van der Waals surface area contributed by atoms with Crippen LogP contribution in [0.1, 0.15) is 66.3 Å². The zero-order valence-electron chi connectivity index (χ0n) is 26.5. The van der Waals surface area contributed by atoms with Gasteiger partial charge in [-0.05, 0) is 44.0 Å². The number of benzene rings is 1. The summed E-state index contributed by atoms with van der Waals surface area (Å²) in [4.78, 5) is 39.0. The topological polar surface area (TPSA) is 124 Å². The number of methoxy groups -OCH3 is 1. The Hall–Kier alpha value is -3.92. The Labute approximate surface area is 278 Å². The SMILES string of the molecule is CCCc1cc2c(N3CCn4c(nnc4C(F)(F)F)C3)nc(C(=O)NC(CSCc3ccc(OC)cc3)CC(=O)OC(C)C)nc2s1. The number of anilines is 1. The predicted octanol–water partition coefficient (Wildman–Crippen LogP) is 5.66. The van der Waals surface area contributed by atoms with Gasteiger partial charge in [0.05, 0.1) is 31.6 Å². The summed E-state index contributed by atoms with van der Waals surface area (Å²) < 4.78 is 52.0. The third-order valence-corrected chi connectivity index (χ3v) is 9.56. The van der Waals surface area contributed by atoms with Crippen LogP contribution in [0.4, 0.5) is 19.0 Å². The van der Waals surface area contributed by atoms with E-state index in [-0.39, 0.29) is 43.8 Å². The van der Waals surface area contributed by atoms with Gasteiger partial charge in [0.1, 0.15) is 16.4 Å². The minimum atomic E-state index is -4.62. The number of amides is 1. The summed E-state index contributed by atoms with van der Waals surface area (Å²) in [6.07, 6.45) is -3.26. The van der Waals surface area contributed by atoms with E-state index in [0.29, 0.717) is 27.5 Å². The van der Waals surface area contributed by atoms with Crippen molar-refractivity contribution in [2.45, 2.75) is 77.2 Å². The monoisotopic (exact) mass is 691 g/mol. The summed E-state index contributed by atoms with van der Waals surface area (Å²) in [5.74, 6) is 0.276. The van der Waals surface area contributed by atoms with E-state index in [1.54, 1.807) is 37.6 Å². The second-order valence-corrected chi connectivity index (χ2v) is 13.5. The highest BCUT2D eigenvalue weighted by Gasteiger charge is 2.40. The molecule has 0 bridgehead atoms. The number of hydrogen-bond donors (Lipinski definition) is 1. The molecule has 0 radical (unpaired) electrons. The minimum Gasteiger partial charge on any atom is -0.497 e. The van der Waals surface area contributed by atoms with Crippen LogP contribution in [-0.4, -0.2) is 68.2 Å². The molecule has 1 unspecified atom stereocenters. The van der Waals surface area contributed by atoms with E-state index in [2.05, 4.69) is 32.4 Å². The Bertz CT molecular complexity index is 1710. The molecular weight excluding hydrogens is 656 g/mol. The molecule has 1 aromatic carbocycles. The maximum Gasteiger partial charge on any atom is 0.451 e. The Morgan fingerprint density at radius 1 is 1.13 bits per heavy atom. The number of alkyl halides is 3. The number of ether oxygens (including phenoxy) is 2. The van der Waals surface area contributed by atoms with E-state index >= 15 is 0 Å². The third-order valence-electron chi connectivity index (χ3n) is 7.29. The quantitative estimate of drug-likeness (QED) is 0.176. The average molecular weight is 692 g/mol. The molecule has 4 aromatic rings. The van der Waals surface area contributed by atoms with Crippen LogP contribution in [0.2, 0.25) is 0 Å². The van der Waals surface area contributed by atoms with Crippen molar-refractivity contribution < 1.29 is 32.2 Å². The number of thiophene rings is 1. The molecule has 0 fully saturated rings. The number of nitrogens with one attached hydrogen (secondary N) is 1. The molecule has 1 N–H and O–H groups in total. The first-order chi connectivity index (χ1) is 22.4. The first kappa shape index (κ1) is 34.4. The van der Waals surface area contributed by atoms with Crippen LogP contribution >= 0.6 is 23.1 Å². The summed E-state index contributed by atoms with van der Waals surface area (Å²) in [5.41, 5.74) is 1.06. The number of carbonyl (C=O) groups excluding carboxylic acids is 2. The van der Waals surface area contributed by atoms with Gasteiger partial charge in [0.25, 0.3) is 5.91 Å². The van der Waals surface area contributed by atoms with Crippen molar-refractivity contribution in [3.63, 3.8) is 0 Å². The first-order valence-electron chi connectivity index (χ1n) is 15.2. The fraction of sp³-hybridized carbons (Fsp3) is 0.484. The zero-order chi connectivity index (χ0) is 33.7. The predicted molar refractivity (Wildman–Crippen MR) is 174 cm³/mol. The maximum atomic E-state index is 13.7. The molecular formula is C31H36F3N7O4S2. The summed E-state index contributed by atoms with van der Waals surface area (Å²) in [5, 5.41) is 10.8. The van der Waals surface area contributed by atoms with Gasteiger partial charge in [-0.2, -0.15) is 24.9 Å². The summed E-state index contributed by atoms with van der Waals surface area (Å²) in [6, 6.07) is 9.06. The molecule has 47 heavy (non-hydrogen) atoms. The highest BCUT2D eigenvalue weighted by molar-refractivity contribution is 7.98. The molecule has 1 aliphatic heterocycles. The number of rotatable bonds is 13. The smallest absolute Gasteiger partial charge is 0.451 e. The van der Waals surface area contributed by atoms with Crippen molar-refractivity contribution in [1.29, 1.82) is 0 Å². The van der Waals surface area contributed by atoms with Gasteiger partial charge in [0, 0.05) is 35.5 Å². The molecule has 0 spiro atoms. The Morgan fingerprint density at radius 2 is 1.89 bits per heavy atom. The molecule has 1 aliphatic rings. The van der Waals surface area contributed by atoms with Gasteiger partial charge in [-0.3, -0.25) is 9.59 Å². The molecule has 0 saturated carbocycles. The molecule has 0 aliphatic carbocycles. The van der Waals surface area contributed by atoms with E-state index in [4.69, 9.17) is 9.47 Å². The lowest BCUT2D eigenvalue weighted by Gasteiger charge is -2.29. The van der Waals surface area contributed by atoms with Crippen molar-refractivity contribution in [2.75, 3.05) is 24.3 Å². The number of aromatic nitrogens is 5. The van der Waals surface area contributed by atoms with Gasteiger partial charge in [-0.25, -0.2) is 9.97 Å². The Balaban J connectivity index is 1.39. The van der Waals surface area contributed by atoms with E-state index in [0.717, 1.165) is 33.6 Å². The van der Waals surface area contributed by atoms with Crippen molar-refractivity contribution >= 4 is 51.0 Å². The molecule has 252 valence electrons. The second kappa shape index (κ2) is 14.9. The van der Waals surface area contributed by atoms with Crippen LogP contribution in [0.3, 0.4) is 0 Å². The fourth-order valence-electron chi connectivity index (χ4n) is 5.17. The van der Waals surface area contributed by atoms with Crippen LogP contribution in [-0.2, 0) is 41.0 Å². The lowest BCUT2D eigenvalue weighted by molar-refractivity contribution is -0.148. The highest BCUT2D eigenvalue weighted by Crippen LogP contribution is 2.35. The number of hydrogen-bond acceptors (Lipinski definition) is 11.